The minimum Gasteiger partial charge on any atom is -0.416 e. The molecule has 26 heavy (non-hydrogen) atoms. The largest absolute Gasteiger partial charge is 0.416 e. The van der Waals surface area contributed by atoms with Gasteiger partial charge in [-0.3, -0.25) is 4.79 Å². The van der Waals surface area contributed by atoms with Gasteiger partial charge in [0, 0.05) is 11.5 Å². The van der Waals surface area contributed by atoms with Crippen molar-refractivity contribution in [1.82, 2.24) is 10.2 Å². The number of carbonyl (C=O) groups excluding carboxylic acids is 1. The van der Waals surface area contributed by atoms with E-state index in [1.165, 1.54) is 11.8 Å². The Hall–Kier alpha value is -2.40. The van der Waals surface area contributed by atoms with E-state index in [2.05, 4.69) is 10.2 Å². The molecule has 132 valence electrons. The minimum absolute atomic E-state index is 0.0463. The van der Waals surface area contributed by atoms with Gasteiger partial charge in [0.05, 0.1) is 0 Å². The third-order valence-corrected chi connectivity index (χ3v) is 5.61. The maximum atomic E-state index is 13.2. The quantitative estimate of drug-likeness (QED) is 0.440. The molecule has 1 atom stereocenters. The first-order valence-corrected chi connectivity index (χ1v) is 9.65. The van der Waals surface area contributed by atoms with Crippen LogP contribution in [-0.2, 0) is 0 Å². The number of Topliss-reactive ketones (excluding diaryl/α,β-unsaturated/α-hetero) is 1. The smallest absolute Gasteiger partial charge is 0.277 e. The molecule has 2 aromatic carbocycles. The highest BCUT2D eigenvalue weighted by Gasteiger charge is 2.31. The first kappa shape index (κ1) is 17.0. The lowest BCUT2D eigenvalue weighted by atomic mass is 10.0. The average Bonchev–Trinajstić information content (AvgIpc) is 3.40. The lowest BCUT2D eigenvalue weighted by molar-refractivity contribution is 0.0989. The van der Waals surface area contributed by atoms with Gasteiger partial charge in [-0.2, -0.15) is 0 Å². The minimum atomic E-state index is -0.411. The van der Waals surface area contributed by atoms with E-state index in [1.54, 1.807) is 0 Å². The Morgan fingerprint density at radius 3 is 2.23 bits per heavy atom. The molecule has 4 nitrogen and oxygen atoms in total. The molecule has 1 aromatic heterocycles. The number of ketones is 1. The summed E-state index contributed by atoms with van der Waals surface area (Å²) in [6, 6.07) is 15.7. The number of aromatic nitrogens is 2. The number of carbonyl (C=O) groups is 1. The molecule has 0 radical (unpaired) electrons. The van der Waals surface area contributed by atoms with Crippen molar-refractivity contribution < 1.29 is 9.21 Å². The van der Waals surface area contributed by atoms with Crippen LogP contribution in [0.1, 0.15) is 56.9 Å². The number of nitrogens with zero attached hydrogens (tertiary/aromatic N) is 2. The van der Waals surface area contributed by atoms with Gasteiger partial charge in [0.2, 0.25) is 5.89 Å². The fourth-order valence-corrected chi connectivity index (χ4v) is 3.71. The summed E-state index contributed by atoms with van der Waals surface area (Å²) in [6.45, 7) is 4.05. The van der Waals surface area contributed by atoms with E-state index in [4.69, 9.17) is 4.42 Å². The lowest BCUT2D eigenvalue weighted by Gasteiger charge is -2.14. The van der Waals surface area contributed by atoms with Crippen molar-refractivity contribution >= 4 is 17.5 Å². The molecule has 0 saturated heterocycles. The first-order chi connectivity index (χ1) is 12.6. The second-order valence-corrected chi connectivity index (χ2v) is 7.88. The molecule has 1 saturated carbocycles. The van der Waals surface area contributed by atoms with Crippen LogP contribution in [0.2, 0.25) is 0 Å². The standard InChI is InChI=1S/C21H20N2O2S/c1-13-3-7-15(8-4-13)18(24)19(16-9-5-14(2)6-10-16)26-21-23-22-20(25-21)17-11-12-17/h3-10,17,19H,11-12H2,1-2H3/t19-/m0/s1. The number of hydrogen-bond acceptors (Lipinski definition) is 5. The van der Waals surface area contributed by atoms with E-state index < -0.39 is 5.25 Å². The Labute approximate surface area is 157 Å². The summed E-state index contributed by atoms with van der Waals surface area (Å²) in [5, 5.41) is 8.32. The van der Waals surface area contributed by atoms with Crippen LogP contribution >= 0.6 is 11.8 Å². The van der Waals surface area contributed by atoms with Crippen molar-refractivity contribution in [2.75, 3.05) is 0 Å². The van der Waals surface area contributed by atoms with Crippen LogP contribution in [0.4, 0.5) is 0 Å². The molecule has 0 unspecified atom stereocenters. The highest BCUT2D eigenvalue weighted by atomic mass is 32.2. The van der Waals surface area contributed by atoms with Gasteiger partial charge in [-0.15, -0.1) is 10.2 Å². The second kappa shape index (κ2) is 7.08. The number of rotatable bonds is 6. The van der Waals surface area contributed by atoms with Gasteiger partial charge < -0.3 is 4.42 Å². The van der Waals surface area contributed by atoms with Crippen molar-refractivity contribution in [3.8, 4) is 0 Å². The Morgan fingerprint density at radius 2 is 1.62 bits per heavy atom. The number of thioether (sulfide) groups is 1. The van der Waals surface area contributed by atoms with Gasteiger partial charge >= 0.3 is 0 Å². The zero-order valence-corrected chi connectivity index (χ0v) is 15.6. The summed E-state index contributed by atoms with van der Waals surface area (Å²) < 4.78 is 5.78. The summed E-state index contributed by atoms with van der Waals surface area (Å²) in [5.74, 6) is 1.14. The third kappa shape index (κ3) is 3.73. The molecular weight excluding hydrogens is 344 g/mol. The van der Waals surface area contributed by atoms with Gasteiger partial charge in [0.15, 0.2) is 5.78 Å². The van der Waals surface area contributed by atoms with E-state index in [0.29, 0.717) is 22.6 Å². The number of hydrogen-bond donors (Lipinski definition) is 0. The van der Waals surface area contributed by atoms with E-state index in [-0.39, 0.29) is 5.78 Å². The topological polar surface area (TPSA) is 56.0 Å². The maximum Gasteiger partial charge on any atom is 0.277 e. The summed E-state index contributed by atoms with van der Waals surface area (Å²) in [6.07, 6.45) is 2.21. The van der Waals surface area contributed by atoms with Gasteiger partial charge in [0.1, 0.15) is 5.25 Å². The molecular formula is C21H20N2O2S. The van der Waals surface area contributed by atoms with Crippen molar-refractivity contribution in [2.45, 2.75) is 43.1 Å². The van der Waals surface area contributed by atoms with E-state index in [0.717, 1.165) is 29.5 Å². The Morgan fingerprint density at radius 1 is 1.00 bits per heavy atom. The zero-order valence-electron chi connectivity index (χ0n) is 14.8. The molecule has 1 fully saturated rings. The van der Waals surface area contributed by atoms with Crippen molar-refractivity contribution in [3.63, 3.8) is 0 Å². The van der Waals surface area contributed by atoms with Crippen LogP contribution < -0.4 is 0 Å². The molecule has 0 bridgehead atoms. The normalized spacial score (nSPS) is 15.0. The van der Waals surface area contributed by atoms with Crippen LogP contribution in [-0.4, -0.2) is 16.0 Å². The summed E-state index contributed by atoms with van der Waals surface area (Å²) in [7, 11) is 0. The number of benzene rings is 2. The van der Waals surface area contributed by atoms with Crippen LogP contribution in [0.3, 0.4) is 0 Å². The average molecular weight is 364 g/mol. The van der Waals surface area contributed by atoms with Crippen LogP contribution in [0, 0.1) is 13.8 Å². The molecule has 0 N–H and O–H groups in total. The zero-order chi connectivity index (χ0) is 18.1. The molecule has 4 rings (SSSR count). The van der Waals surface area contributed by atoms with Crippen molar-refractivity contribution in [2.24, 2.45) is 0 Å². The number of aryl methyl sites for hydroxylation is 2. The van der Waals surface area contributed by atoms with Crippen LogP contribution in [0.5, 0.6) is 0 Å². The maximum absolute atomic E-state index is 13.2. The van der Waals surface area contributed by atoms with Crippen LogP contribution in [0.15, 0.2) is 58.2 Å². The first-order valence-electron chi connectivity index (χ1n) is 8.77. The SMILES string of the molecule is Cc1ccc(C(=O)[C@@H](Sc2nnc(C3CC3)o2)c2ccc(C)cc2)cc1. The lowest BCUT2D eigenvalue weighted by Crippen LogP contribution is -2.10. The highest BCUT2D eigenvalue weighted by Crippen LogP contribution is 2.42. The van der Waals surface area contributed by atoms with Gasteiger partial charge in [-0.05, 0) is 44.0 Å². The second-order valence-electron chi connectivity index (χ2n) is 6.82. The molecule has 0 amide bonds. The van der Waals surface area contributed by atoms with E-state index in [1.807, 2.05) is 62.4 Å². The summed E-state index contributed by atoms with van der Waals surface area (Å²) >= 11 is 1.33. The van der Waals surface area contributed by atoms with Gasteiger partial charge in [-0.1, -0.05) is 59.7 Å². The monoisotopic (exact) mass is 364 g/mol. The van der Waals surface area contributed by atoms with Crippen molar-refractivity contribution in [1.29, 1.82) is 0 Å². The summed E-state index contributed by atoms with van der Waals surface area (Å²) in [4.78, 5) is 13.2. The molecule has 1 heterocycles. The molecule has 0 aliphatic heterocycles. The van der Waals surface area contributed by atoms with Gasteiger partial charge in [0.25, 0.3) is 5.22 Å². The predicted octanol–water partition coefficient (Wildman–Crippen LogP) is 5.28. The predicted molar refractivity (Wildman–Crippen MR) is 102 cm³/mol. The molecule has 1 aliphatic rings. The Balaban J connectivity index is 1.64. The fraction of sp³-hybridized carbons (Fsp3) is 0.286. The molecule has 0 spiro atoms. The highest BCUT2D eigenvalue weighted by molar-refractivity contribution is 8.00. The van der Waals surface area contributed by atoms with Gasteiger partial charge in [-0.25, -0.2) is 0 Å². The van der Waals surface area contributed by atoms with E-state index >= 15 is 0 Å². The fourth-order valence-electron chi connectivity index (χ4n) is 2.75. The van der Waals surface area contributed by atoms with Crippen LogP contribution in [0.25, 0.3) is 0 Å². The molecule has 5 heteroatoms. The Kier molecular flexibility index (Phi) is 4.64. The van der Waals surface area contributed by atoms with E-state index in [9.17, 15) is 4.79 Å². The molecule has 1 aliphatic carbocycles. The third-order valence-electron chi connectivity index (χ3n) is 4.52. The molecule has 3 aromatic rings. The van der Waals surface area contributed by atoms with Crippen molar-refractivity contribution in [3.05, 3.63) is 76.7 Å². The Bertz CT molecular complexity index is 912. The summed E-state index contributed by atoms with van der Waals surface area (Å²) in [5.41, 5.74) is 3.93.